The van der Waals surface area contributed by atoms with Crippen molar-refractivity contribution >= 4 is 39.1 Å². The fraction of sp³-hybridized carbons (Fsp3) is 0.200. The molecule has 2 heterocycles. The highest BCUT2D eigenvalue weighted by molar-refractivity contribution is 7.20. The summed E-state index contributed by atoms with van der Waals surface area (Å²) in [4.78, 5) is 52.6. The van der Waals surface area contributed by atoms with Gasteiger partial charge in [-0.3, -0.25) is 18.7 Å². The van der Waals surface area contributed by atoms with E-state index in [1.54, 1.807) is 19.2 Å². The van der Waals surface area contributed by atoms with Crippen LogP contribution in [0.1, 0.15) is 31.2 Å². The Labute approximate surface area is 204 Å². The predicted molar refractivity (Wildman–Crippen MR) is 136 cm³/mol. The summed E-state index contributed by atoms with van der Waals surface area (Å²) >= 11 is 1.09. The van der Waals surface area contributed by atoms with Crippen molar-refractivity contribution < 1.29 is 14.7 Å². The minimum Gasteiger partial charge on any atom is -0.478 e. The number of nitrogens with one attached hydrogen (secondary N) is 1. The molecule has 2 N–H and O–H groups in total. The van der Waals surface area contributed by atoms with Crippen LogP contribution in [0.5, 0.6) is 0 Å². The topological polar surface area (TPSA) is 114 Å². The average molecular weight is 493 g/mol. The van der Waals surface area contributed by atoms with Crippen LogP contribution in [0.2, 0.25) is 0 Å². The number of thiophene rings is 1. The van der Waals surface area contributed by atoms with Crippen LogP contribution in [0, 0.1) is 0 Å². The molecule has 180 valence electrons. The lowest BCUT2D eigenvalue weighted by Crippen LogP contribution is -2.38. The highest BCUT2D eigenvalue weighted by Crippen LogP contribution is 2.22. The van der Waals surface area contributed by atoms with Crippen molar-refractivity contribution in [2.24, 2.45) is 7.05 Å². The molecule has 0 unspecified atom stereocenters. The zero-order valence-electron chi connectivity index (χ0n) is 19.4. The maximum Gasteiger partial charge on any atom is 0.335 e. The number of fused-ring (bicyclic) bond motifs is 1. The third kappa shape index (κ3) is 4.87. The molecule has 0 aliphatic rings. The number of carboxylic acids is 1. The van der Waals surface area contributed by atoms with Gasteiger partial charge in [0.15, 0.2) is 0 Å². The molecule has 0 saturated heterocycles. The number of nitrogens with zero attached hydrogens (tertiary/aromatic N) is 3. The zero-order chi connectivity index (χ0) is 25.3. The van der Waals surface area contributed by atoms with Gasteiger partial charge in [0.25, 0.3) is 11.5 Å². The molecule has 0 saturated carbocycles. The number of aromatic nitrogens is 2. The molecule has 0 bridgehead atoms. The lowest BCUT2D eigenvalue weighted by Gasteiger charge is -2.12. The summed E-state index contributed by atoms with van der Waals surface area (Å²) in [5.74, 6) is -1.38. The average Bonchev–Trinajstić information content (AvgIpc) is 3.30. The minimum absolute atomic E-state index is 0.0122. The Morgan fingerprint density at radius 1 is 1.00 bits per heavy atom. The Balaban J connectivity index is 1.58. The predicted octanol–water partition coefficient (Wildman–Crippen LogP) is 2.50. The molecule has 2 aromatic carbocycles. The van der Waals surface area contributed by atoms with Crippen LogP contribution in [0.25, 0.3) is 10.2 Å². The normalized spacial score (nSPS) is 10.9. The monoisotopic (exact) mass is 492 g/mol. The number of hydrogen-bond donors (Lipinski definition) is 2. The number of carbonyl (C=O) groups is 2. The van der Waals surface area contributed by atoms with Gasteiger partial charge in [-0.2, -0.15) is 0 Å². The fourth-order valence-corrected chi connectivity index (χ4v) is 4.67. The molecular formula is C25H24N4O5S. The van der Waals surface area contributed by atoms with Gasteiger partial charge in [-0.05, 0) is 41.5 Å². The Morgan fingerprint density at radius 3 is 2.23 bits per heavy atom. The van der Waals surface area contributed by atoms with E-state index < -0.39 is 17.2 Å². The second kappa shape index (κ2) is 9.59. The molecule has 0 fully saturated rings. The number of rotatable bonds is 7. The van der Waals surface area contributed by atoms with Gasteiger partial charge in [-0.15, -0.1) is 11.3 Å². The van der Waals surface area contributed by atoms with Gasteiger partial charge in [0, 0.05) is 33.4 Å². The minimum atomic E-state index is -1.05. The molecule has 0 spiro atoms. The van der Waals surface area contributed by atoms with Gasteiger partial charge in [0.05, 0.1) is 22.4 Å². The van der Waals surface area contributed by atoms with Crippen LogP contribution in [-0.2, 0) is 20.1 Å². The summed E-state index contributed by atoms with van der Waals surface area (Å²) in [5.41, 5.74) is 1.71. The first-order valence-corrected chi connectivity index (χ1v) is 11.6. The molecule has 35 heavy (non-hydrogen) atoms. The fourth-order valence-electron chi connectivity index (χ4n) is 3.65. The third-order valence-corrected chi connectivity index (χ3v) is 6.89. The summed E-state index contributed by atoms with van der Waals surface area (Å²) in [6.45, 7) is 0.317. The van der Waals surface area contributed by atoms with Crippen LogP contribution in [0.15, 0.2) is 64.2 Å². The second-order valence-electron chi connectivity index (χ2n) is 8.31. The van der Waals surface area contributed by atoms with E-state index in [0.717, 1.165) is 27.2 Å². The molecular weight excluding hydrogens is 468 g/mol. The van der Waals surface area contributed by atoms with E-state index in [9.17, 15) is 19.2 Å². The highest BCUT2D eigenvalue weighted by atomic mass is 32.1. The largest absolute Gasteiger partial charge is 0.478 e. The van der Waals surface area contributed by atoms with Crippen molar-refractivity contribution in [1.82, 2.24) is 14.5 Å². The van der Waals surface area contributed by atoms with E-state index in [-0.39, 0.29) is 23.4 Å². The van der Waals surface area contributed by atoms with Crippen molar-refractivity contribution in [1.29, 1.82) is 0 Å². The van der Waals surface area contributed by atoms with Crippen LogP contribution in [0.3, 0.4) is 0 Å². The number of carboxylic acid groups (broad SMARTS) is 1. The van der Waals surface area contributed by atoms with Crippen LogP contribution in [-0.4, -0.2) is 40.2 Å². The van der Waals surface area contributed by atoms with E-state index in [4.69, 9.17) is 5.11 Å². The number of aromatic carboxylic acids is 1. The molecule has 0 aliphatic heterocycles. The molecule has 4 rings (SSSR count). The molecule has 4 aromatic rings. The maximum absolute atomic E-state index is 13.1. The van der Waals surface area contributed by atoms with E-state index in [0.29, 0.717) is 21.8 Å². The first kappa shape index (κ1) is 24.0. The number of aryl methyl sites for hydroxylation is 1. The van der Waals surface area contributed by atoms with Gasteiger partial charge in [0.1, 0.15) is 4.83 Å². The van der Waals surface area contributed by atoms with E-state index in [2.05, 4.69) is 5.32 Å². The van der Waals surface area contributed by atoms with Crippen molar-refractivity contribution in [3.05, 3.63) is 97.0 Å². The lowest BCUT2D eigenvalue weighted by atomic mass is 10.1. The van der Waals surface area contributed by atoms with Crippen LogP contribution in [0.4, 0.5) is 5.69 Å². The van der Waals surface area contributed by atoms with E-state index in [1.807, 2.05) is 43.3 Å². The van der Waals surface area contributed by atoms with E-state index in [1.165, 1.54) is 22.8 Å². The summed E-state index contributed by atoms with van der Waals surface area (Å²) in [7, 11) is 5.46. The van der Waals surface area contributed by atoms with Gasteiger partial charge < -0.3 is 15.3 Å². The number of anilines is 1. The number of hydrogen-bond acceptors (Lipinski definition) is 6. The smallest absolute Gasteiger partial charge is 0.335 e. The Bertz CT molecular complexity index is 1530. The maximum atomic E-state index is 13.1. The zero-order valence-corrected chi connectivity index (χ0v) is 20.3. The highest BCUT2D eigenvalue weighted by Gasteiger charge is 2.18. The first-order chi connectivity index (χ1) is 16.7. The number of benzene rings is 2. The molecule has 0 aliphatic carbocycles. The van der Waals surface area contributed by atoms with Gasteiger partial charge >= 0.3 is 11.7 Å². The van der Waals surface area contributed by atoms with Crippen LogP contribution >= 0.6 is 11.3 Å². The van der Waals surface area contributed by atoms with Gasteiger partial charge in [-0.25, -0.2) is 9.59 Å². The summed E-state index contributed by atoms with van der Waals surface area (Å²) in [5, 5.41) is 12.2. The quantitative estimate of drug-likeness (QED) is 0.410. The van der Waals surface area contributed by atoms with Gasteiger partial charge in [0.2, 0.25) is 0 Å². The third-order valence-electron chi connectivity index (χ3n) is 5.68. The molecule has 2 aromatic heterocycles. The van der Waals surface area contributed by atoms with Crippen molar-refractivity contribution in [2.45, 2.75) is 13.1 Å². The number of amides is 1. The summed E-state index contributed by atoms with van der Waals surface area (Å²) in [6, 6.07) is 15.3. The van der Waals surface area contributed by atoms with Crippen LogP contribution < -0.4 is 21.5 Å². The van der Waals surface area contributed by atoms with Crippen molar-refractivity contribution in [3.8, 4) is 0 Å². The molecule has 0 atom stereocenters. The summed E-state index contributed by atoms with van der Waals surface area (Å²) in [6.07, 6.45) is 0. The van der Waals surface area contributed by atoms with Crippen molar-refractivity contribution in [2.75, 3.05) is 19.0 Å². The molecule has 0 radical (unpaired) electrons. The van der Waals surface area contributed by atoms with Crippen molar-refractivity contribution in [3.63, 3.8) is 0 Å². The molecule has 1 amide bonds. The Kier molecular flexibility index (Phi) is 6.57. The van der Waals surface area contributed by atoms with E-state index >= 15 is 0 Å². The Morgan fingerprint density at radius 2 is 1.63 bits per heavy atom. The standard InChI is InChI=1S/C25H24N4O5S/c1-27(2)18-10-6-15(7-11-18)13-26-21(30)20-12-19-22(31)29(25(34)28(3)23(19)35-20)14-16-4-8-17(9-5-16)24(32)33/h4-12H,13-14H2,1-3H3,(H,26,30)(H,32,33). The molecule has 9 nitrogen and oxygen atoms in total. The molecule has 10 heteroatoms. The second-order valence-corrected chi connectivity index (χ2v) is 9.34. The Hall–Kier alpha value is -4.18. The summed E-state index contributed by atoms with van der Waals surface area (Å²) < 4.78 is 2.43. The number of carbonyl (C=O) groups excluding carboxylic acids is 1. The lowest BCUT2D eigenvalue weighted by molar-refractivity contribution is 0.0696. The SMILES string of the molecule is CN(C)c1ccc(CNC(=O)c2cc3c(=O)n(Cc4ccc(C(=O)O)cc4)c(=O)n(C)c3s2)cc1. The first-order valence-electron chi connectivity index (χ1n) is 10.8. The van der Waals surface area contributed by atoms with Gasteiger partial charge in [-0.1, -0.05) is 24.3 Å².